The highest BCUT2D eigenvalue weighted by Gasteiger charge is 2.81. The van der Waals surface area contributed by atoms with Crippen LogP contribution in [0.25, 0.3) is 15.7 Å². The molecule has 2 aromatic carbocycles. The number of benzene rings is 2. The summed E-state index contributed by atoms with van der Waals surface area (Å²) in [5.74, 6) is -16.4. The van der Waals surface area contributed by atoms with Crippen LogP contribution in [0, 0.1) is 17.0 Å². The molecule has 0 saturated carbocycles. The van der Waals surface area contributed by atoms with E-state index in [9.17, 15) is 32.5 Å². The number of allylic oxidation sites excluding steroid dienone is 1. The number of amides is 1. The van der Waals surface area contributed by atoms with Gasteiger partial charge in [0.15, 0.2) is 0 Å². The van der Waals surface area contributed by atoms with E-state index in [2.05, 4.69) is 5.32 Å². The number of nitrogens with zero attached hydrogens (tertiary/aromatic N) is 1. The highest BCUT2D eigenvalue weighted by atomic mass is 32.1. The minimum atomic E-state index is -5.79. The summed E-state index contributed by atoms with van der Waals surface area (Å²) >= 11 is 0.974. The number of rotatable bonds is 5. The van der Waals surface area contributed by atoms with Crippen molar-refractivity contribution in [1.82, 2.24) is 0 Å². The summed E-state index contributed by atoms with van der Waals surface area (Å²) in [5, 5.41) is 12.9. The van der Waals surface area contributed by atoms with E-state index in [1.807, 2.05) is 0 Å². The van der Waals surface area contributed by atoms with Gasteiger partial charge in [-0.05, 0) is 32.0 Å². The second-order valence-corrected chi connectivity index (χ2v) is 9.27. The van der Waals surface area contributed by atoms with E-state index in [1.165, 1.54) is 25.1 Å². The van der Waals surface area contributed by atoms with Gasteiger partial charge in [0.25, 0.3) is 5.69 Å². The number of carbonyl (C=O) groups is 1. The monoisotopic (exact) mass is 530 g/mol. The first-order valence-corrected chi connectivity index (χ1v) is 11.1. The molecule has 1 aromatic heterocycles. The molecule has 0 saturated heterocycles. The summed E-state index contributed by atoms with van der Waals surface area (Å²) in [6.07, 6.45) is -3.60. The van der Waals surface area contributed by atoms with Crippen LogP contribution in [0.3, 0.4) is 0 Å². The zero-order valence-corrected chi connectivity index (χ0v) is 19.3. The molecule has 0 bridgehead atoms. The summed E-state index contributed by atoms with van der Waals surface area (Å²) in [6, 6.07) is 10.2. The Hall–Kier alpha value is -3.61. The largest absolute Gasteiger partial charge is 0.441 e. The van der Waals surface area contributed by atoms with Crippen molar-refractivity contribution in [2.75, 3.05) is 5.32 Å². The molecule has 0 unspecified atom stereocenters. The Bertz CT molecular complexity index is 1400. The molecule has 1 heterocycles. The molecule has 190 valence electrons. The van der Waals surface area contributed by atoms with Crippen LogP contribution in [0.5, 0.6) is 0 Å². The van der Waals surface area contributed by atoms with Gasteiger partial charge in [0.05, 0.1) is 10.5 Å². The van der Waals surface area contributed by atoms with E-state index in [0.29, 0.717) is 4.70 Å². The number of fused-ring (bicyclic) bond motifs is 1. The maximum Gasteiger partial charge on any atom is 0.412 e. The predicted molar refractivity (Wildman–Crippen MR) is 121 cm³/mol. The van der Waals surface area contributed by atoms with Crippen molar-refractivity contribution in [3.05, 3.63) is 74.7 Å². The van der Waals surface area contributed by atoms with Crippen molar-refractivity contribution in [2.24, 2.45) is 0 Å². The van der Waals surface area contributed by atoms with Gasteiger partial charge < -0.3 is 4.74 Å². The van der Waals surface area contributed by atoms with Crippen LogP contribution in [0.1, 0.15) is 17.4 Å². The predicted octanol–water partition coefficient (Wildman–Crippen LogP) is 7.43. The number of hydrogen-bond donors (Lipinski definition) is 1. The van der Waals surface area contributed by atoms with E-state index < -0.39 is 51.6 Å². The standard InChI is InChI=1S/C23H16F6N2O4S/c1-11(35-20(32)30-13-7-9-14(10-8-13)31(33)34)18-19(22(26,27)23(28,29)21(18,24)25)17-12(2)36-16-6-4-3-5-15(16)17/h3-11H,1-2H3,(H,30,32)/t11-/m0/s1. The number of carbonyl (C=O) groups excluding carboxylic acids is 1. The van der Waals surface area contributed by atoms with Crippen LogP contribution in [-0.4, -0.2) is 34.9 Å². The molecule has 3 aromatic rings. The Morgan fingerprint density at radius 3 is 2.25 bits per heavy atom. The minimum absolute atomic E-state index is 0.0412. The lowest BCUT2D eigenvalue weighted by atomic mass is 9.94. The van der Waals surface area contributed by atoms with Crippen molar-refractivity contribution in [3.8, 4) is 0 Å². The smallest absolute Gasteiger partial charge is 0.412 e. The summed E-state index contributed by atoms with van der Waals surface area (Å²) in [7, 11) is 0. The van der Waals surface area contributed by atoms with Crippen molar-refractivity contribution in [3.63, 3.8) is 0 Å². The number of thiophene rings is 1. The number of hydrogen-bond acceptors (Lipinski definition) is 5. The zero-order chi connectivity index (χ0) is 26.6. The number of aryl methyl sites for hydroxylation is 1. The fraction of sp³-hybridized carbons (Fsp3) is 0.261. The lowest BCUT2D eigenvalue weighted by Crippen LogP contribution is -2.50. The van der Waals surface area contributed by atoms with Crippen LogP contribution in [0.4, 0.5) is 42.5 Å². The van der Waals surface area contributed by atoms with Crippen molar-refractivity contribution in [1.29, 1.82) is 0 Å². The van der Waals surface area contributed by atoms with Gasteiger partial charge in [-0.2, -0.15) is 26.3 Å². The topological polar surface area (TPSA) is 81.5 Å². The van der Waals surface area contributed by atoms with Gasteiger partial charge in [0.1, 0.15) is 6.10 Å². The Morgan fingerprint density at radius 2 is 1.64 bits per heavy atom. The molecule has 1 aliphatic rings. The number of alkyl halides is 6. The van der Waals surface area contributed by atoms with Crippen LogP contribution in [-0.2, 0) is 4.74 Å². The number of ether oxygens (including phenoxy) is 1. The quantitative estimate of drug-likeness (QED) is 0.211. The Labute approximate surface area is 203 Å². The molecule has 1 aliphatic carbocycles. The summed E-state index contributed by atoms with van der Waals surface area (Å²) in [6.45, 7) is 2.14. The highest BCUT2D eigenvalue weighted by Crippen LogP contribution is 2.64. The normalized spacial score (nSPS) is 18.8. The number of nitro benzene ring substituents is 1. The second-order valence-electron chi connectivity index (χ2n) is 8.02. The fourth-order valence-corrected chi connectivity index (χ4v) is 5.18. The first-order chi connectivity index (χ1) is 16.7. The molecule has 0 spiro atoms. The third-order valence-electron chi connectivity index (χ3n) is 5.75. The molecular formula is C23H16F6N2O4S. The molecule has 0 radical (unpaired) electrons. The van der Waals surface area contributed by atoms with E-state index in [4.69, 9.17) is 4.74 Å². The number of anilines is 1. The Kier molecular flexibility index (Phi) is 6.02. The number of halogens is 6. The molecule has 4 rings (SSSR count). The maximum atomic E-state index is 15.1. The lowest BCUT2D eigenvalue weighted by molar-refractivity contribution is -0.384. The van der Waals surface area contributed by atoms with Crippen LogP contribution >= 0.6 is 11.3 Å². The summed E-state index contributed by atoms with van der Waals surface area (Å²) < 4.78 is 94.3. The molecule has 6 nitrogen and oxygen atoms in total. The number of nitrogens with one attached hydrogen (secondary N) is 1. The Balaban J connectivity index is 1.76. The zero-order valence-electron chi connectivity index (χ0n) is 18.5. The number of non-ortho nitro benzene ring substituents is 1. The van der Waals surface area contributed by atoms with E-state index in [-0.39, 0.29) is 21.6 Å². The molecule has 1 atom stereocenters. The van der Waals surface area contributed by atoms with Gasteiger partial charge in [-0.15, -0.1) is 11.3 Å². The summed E-state index contributed by atoms with van der Waals surface area (Å²) in [5.41, 5.74) is -4.09. The maximum absolute atomic E-state index is 15.1. The third kappa shape index (κ3) is 3.77. The van der Waals surface area contributed by atoms with E-state index in [1.54, 1.807) is 6.07 Å². The fourth-order valence-electron chi connectivity index (χ4n) is 4.11. The van der Waals surface area contributed by atoms with Gasteiger partial charge in [-0.1, -0.05) is 18.2 Å². The van der Waals surface area contributed by atoms with Crippen LogP contribution in [0.2, 0.25) is 0 Å². The highest BCUT2D eigenvalue weighted by molar-refractivity contribution is 7.19. The van der Waals surface area contributed by atoms with Gasteiger partial charge in [0, 0.05) is 43.9 Å². The lowest BCUT2D eigenvalue weighted by Gasteiger charge is -2.26. The average molecular weight is 530 g/mol. The van der Waals surface area contributed by atoms with Gasteiger partial charge in [-0.25, -0.2) is 4.79 Å². The van der Waals surface area contributed by atoms with Crippen molar-refractivity contribution in [2.45, 2.75) is 37.7 Å². The van der Waals surface area contributed by atoms with Gasteiger partial charge >= 0.3 is 23.9 Å². The molecular weight excluding hydrogens is 514 g/mol. The van der Waals surface area contributed by atoms with Crippen molar-refractivity contribution >= 4 is 44.5 Å². The SMILES string of the molecule is Cc1sc2ccccc2c1C1=C([C@H](C)OC(=O)Nc2ccc([N+](=O)[O-])cc2)C(F)(F)C(F)(F)C1(F)F. The molecule has 1 amide bonds. The molecule has 1 N–H and O–H groups in total. The third-order valence-corrected chi connectivity index (χ3v) is 6.83. The van der Waals surface area contributed by atoms with Gasteiger partial charge in [0.2, 0.25) is 0 Å². The second kappa shape index (κ2) is 8.50. The van der Waals surface area contributed by atoms with Crippen molar-refractivity contribution < 1.29 is 40.8 Å². The molecule has 0 aliphatic heterocycles. The van der Waals surface area contributed by atoms with Gasteiger partial charge in [-0.3, -0.25) is 15.4 Å². The molecule has 36 heavy (non-hydrogen) atoms. The average Bonchev–Trinajstić information content (AvgIpc) is 3.16. The van der Waals surface area contributed by atoms with Crippen LogP contribution < -0.4 is 5.32 Å². The van der Waals surface area contributed by atoms with Crippen LogP contribution in [0.15, 0.2) is 54.1 Å². The number of nitro groups is 1. The first kappa shape index (κ1) is 25.5. The Morgan fingerprint density at radius 1 is 1.03 bits per heavy atom. The minimum Gasteiger partial charge on any atom is -0.441 e. The summed E-state index contributed by atoms with van der Waals surface area (Å²) in [4.78, 5) is 22.4. The molecule has 13 heteroatoms. The first-order valence-electron chi connectivity index (χ1n) is 10.3. The van der Waals surface area contributed by atoms with E-state index >= 15 is 8.78 Å². The van der Waals surface area contributed by atoms with E-state index in [0.717, 1.165) is 42.5 Å². The molecule has 0 fully saturated rings.